The summed E-state index contributed by atoms with van der Waals surface area (Å²) in [5.41, 5.74) is 1.54. The van der Waals surface area contributed by atoms with Gasteiger partial charge in [-0.15, -0.1) is 11.3 Å². The van der Waals surface area contributed by atoms with Gasteiger partial charge in [-0.1, -0.05) is 33.3 Å². The van der Waals surface area contributed by atoms with E-state index in [4.69, 9.17) is 9.47 Å². The predicted molar refractivity (Wildman–Crippen MR) is 135 cm³/mol. The molecule has 0 radical (unpaired) electrons. The Balaban J connectivity index is 1.93. The van der Waals surface area contributed by atoms with Gasteiger partial charge in [0.1, 0.15) is 11.8 Å². The van der Waals surface area contributed by atoms with Crippen LogP contribution in [0.1, 0.15) is 44.2 Å². The lowest BCUT2D eigenvalue weighted by molar-refractivity contribution is -0.139. The highest BCUT2D eigenvalue weighted by Crippen LogP contribution is 2.33. The number of allylic oxidation sites excluding steroid dienone is 1. The Kier molecular flexibility index (Phi) is 7.02. The van der Waals surface area contributed by atoms with Crippen molar-refractivity contribution in [2.24, 2.45) is 4.99 Å². The average Bonchev–Trinajstić information content (AvgIpc) is 3.38. The van der Waals surface area contributed by atoms with Crippen LogP contribution in [0.5, 0.6) is 5.75 Å². The van der Waals surface area contributed by atoms with E-state index < -0.39 is 12.0 Å². The van der Waals surface area contributed by atoms with Gasteiger partial charge < -0.3 is 9.47 Å². The van der Waals surface area contributed by atoms with Gasteiger partial charge in [-0.3, -0.25) is 9.36 Å². The van der Waals surface area contributed by atoms with Crippen LogP contribution in [0.2, 0.25) is 0 Å². The Bertz CT molecular complexity index is 1400. The van der Waals surface area contributed by atoms with E-state index in [2.05, 4.69) is 20.9 Å². The molecule has 0 amide bonds. The number of esters is 1. The molecular formula is C24H23BrN2O4S2. The average molecular weight is 547 g/mol. The van der Waals surface area contributed by atoms with Gasteiger partial charge in [0.15, 0.2) is 4.80 Å². The SMILES string of the molecule is CCOC(=O)C1=C(C)N=c2s/c(=C/c3cc(Br)ccc3OC(C)C)c(=O)n2[C@@H]1c1cccs1. The summed E-state index contributed by atoms with van der Waals surface area (Å²) in [4.78, 5) is 32.5. The summed E-state index contributed by atoms with van der Waals surface area (Å²) in [6.07, 6.45) is 1.81. The van der Waals surface area contributed by atoms with Crippen molar-refractivity contribution in [3.8, 4) is 5.75 Å². The molecule has 0 fully saturated rings. The molecule has 0 unspecified atom stereocenters. The smallest absolute Gasteiger partial charge is 0.338 e. The van der Waals surface area contributed by atoms with Crippen molar-refractivity contribution < 1.29 is 14.3 Å². The summed E-state index contributed by atoms with van der Waals surface area (Å²) >= 11 is 6.29. The van der Waals surface area contributed by atoms with E-state index in [9.17, 15) is 9.59 Å². The van der Waals surface area contributed by atoms with Gasteiger partial charge in [-0.05, 0) is 63.4 Å². The topological polar surface area (TPSA) is 69.9 Å². The highest BCUT2D eigenvalue weighted by atomic mass is 79.9. The molecule has 1 atom stereocenters. The largest absolute Gasteiger partial charge is 0.490 e. The van der Waals surface area contributed by atoms with Crippen molar-refractivity contribution in [1.29, 1.82) is 0 Å². The van der Waals surface area contributed by atoms with Gasteiger partial charge in [0, 0.05) is 14.9 Å². The highest BCUT2D eigenvalue weighted by molar-refractivity contribution is 9.10. The minimum atomic E-state index is -0.573. The summed E-state index contributed by atoms with van der Waals surface area (Å²) in [6.45, 7) is 7.71. The number of hydrogen-bond donors (Lipinski definition) is 0. The number of carbonyl (C=O) groups is 1. The van der Waals surface area contributed by atoms with Gasteiger partial charge in [0.2, 0.25) is 0 Å². The maximum atomic E-state index is 13.6. The molecule has 0 spiro atoms. The van der Waals surface area contributed by atoms with Crippen molar-refractivity contribution in [1.82, 2.24) is 4.57 Å². The molecule has 1 aliphatic heterocycles. The van der Waals surface area contributed by atoms with E-state index >= 15 is 0 Å². The maximum absolute atomic E-state index is 13.6. The summed E-state index contributed by atoms with van der Waals surface area (Å²) in [6, 6.07) is 8.96. The summed E-state index contributed by atoms with van der Waals surface area (Å²) < 4.78 is 14.2. The van der Waals surface area contributed by atoms with Gasteiger partial charge in [-0.25, -0.2) is 9.79 Å². The minimum Gasteiger partial charge on any atom is -0.490 e. The van der Waals surface area contributed by atoms with E-state index in [0.29, 0.717) is 26.4 Å². The zero-order valence-corrected chi connectivity index (χ0v) is 21.8. The highest BCUT2D eigenvalue weighted by Gasteiger charge is 2.33. The van der Waals surface area contributed by atoms with Crippen molar-refractivity contribution in [2.45, 2.75) is 39.8 Å². The quantitative estimate of drug-likeness (QED) is 0.429. The van der Waals surface area contributed by atoms with Crippen molar-refractivity contribution >= 4 is 50.6 Å². The Morgan fingerprint density at radius 1 is 1.33 bits per heavy atom. The Morgan fingerprint density at radius 2 is 2.12 bits per heavy atom. The second kappa shape index (κ2) is 9.79. The molecular weight excluding hydrogens is 524 g/mol. The van der Waals surface area contributed by atoms with Gasteiger partial charge in [-0.2, -0.15) is 0 Å². The van der Waals surface area contributed by atoms with Gasteiger partial charge in [0.05, 0.1) is 28.5 Å². The fourth-order valence-electron chi connectivity index (χ4n) is 3.64. The number of hydrogen-bond acceptors (Lipinski definition) is 7. The fraction of sp³-hybridized carbons (Fsp3) is 0.292. The number of nitrogens with zero attached hydrogens (tertiary/aromatic N) is 2. The molecule has 6 nitrogen and oxygen atoms in total. The third-order valence-electron chi connectivity index (χ3n) is 4.95. The van der Waals surface area contributed by atoms with Crippen molar-refractivity contribution in [3.05, 3.63) is 81.6 Å². The molecule has 172 valence electrons. The minimum absolute atomic E-state index is 0.00633. The third kappa shape index (κ3) is 4.76. The van der Waals surface area contributed by atoms with Crippen LogP contribution < -0.4 is 19.6 Å². The molecule has 4 rings (SSSR count). The molecule has 3 aromatic rings. The first-order valence-electron chi connectivity index (χ1n) is 10.5. The van der Waals surface area contributed by atoms with Crippen LogP contribution in [0.4, 0.5) is 0 Å². The zero-order chi connectivity index (χ0) is 23.7. The van der Waals surface area contributed by atoms with Crippen LogP contribution in [0.15, 0.2) is 61.2 Å². The lowest BCUT2D eigenvalue weighted by Gasteiger charge is -2.23. The summed E-state index contributed by atoms with van der Waals surface area (Å²) in [5.74, 6) is 0.239. The molecule has 2 aromatic heterocycles. The first kappa shape index (κ1) is 23.7. The zero-order valence-electron chi connectivity index (χ0n) is 18.6. The third-order valence-corrected chi connectivity index (χ3v) is 7.35. The standard InChI is InChI=1S/C24H23BrN2O4S2/c1-5-30-23(29)20-14(4)26-24-27(21(20)18-7-6-10-32-18)22(28)19(33-24)12-15-11-16(25)8-9-17(15)31-13(2)3/h6-13,21H,5H2,1-4H3/b19-12+/t21-/m1/s1. The first-order chi connectivity index (χ1) is 15.8. The first-order valence-corrected chi connectivity index (χ1v) is 13.0. The number of carbonyl (C=O) groups excluding carboxylic acids is 1. The van der Waals surface area contributed by atoms with Crippen LogP contribution >= 0.6 is 38.6 Å². The van der Waals surface area contributed by atoms with Crippen molar-refractivity contribution in [3.63, 3.8) is 0 Å². The fourth-order valence-corrected chi connectivity index (χ4v) is 5.88. The van der Waals surface area contributed by atoms with Gasteiger partial charge >= 0.3 is 5.97 Å². The molecule has 0 bridgehead atoms. The molecule has 1 aromatic carbocycles. The number of halogens is 1. The number of rotatable bonds is 6. The molecule has 33 heavy (non-hydrogen) atoms. The summed E-state index contributed by atoms with van der Waals surface area (Å²) in [7, 11) is 0. The Morgan fingerprint density at radius 3 is 2.79 bits per heavy atom. The van der Waals surface area contributed by atoms with Crippen LogP contribution in [0.3, 0.4) is 0 Å². The number of fused-ring (bicyclic) bond motifs is 1. The van der Waals surface area contributed by atoms with E-state index in [0.717, 1.165) is 14.9 Å². The van der Waals surface area contributed by atoms with Crippen molar-refractivity contribution in [2.75, 3.05) is 6.61 Å². The molecule has 0 saturated carbocycles. The lowest BCUT2D eigenvalue weighted by Crippen LogP contribution is -2.39. The Hall–Kier alpha value is -2.49. The lowest BCUT2D eigenvalue weighted by atomic mass is 10.0. The molecule has 9 heteroatoms. The molecule has 0 saturated heterocycles. The number of thiazole rings is 1. The number of benzene rings is 1. The normalized spacial score (nSPS) is 16.1. The molecule has 0 N–H and O–H groups in total. The second-order valence-corrected chi connectivity index (χ2v) is 10.6. The summed E-state index contributed by atoms with van der Waals surface area (Å²) in [5, 5.41) is 1.93. The molecule has 3 heterocycles. The van der Waals surface area contributed by atoms with Crippen LogP contribution in [0.25, 0.3) is 6.08 Å². The van der Waals surface area contributed by atoms with Crippen LogP contribution in [-0.2, 0) is 9.53 Å². The van der Waals surface area contributed by atoms with E-state index in [1.807, 2.05) is 55.6 Å². The van der Waals surface area contributed by atoms with Gasteiger partial charge in [0.25, 0.3) is 5.56 Å². The van der Waals surface area contributed by atoms with E-state index in [-0.39, 0.29) is 18.3 Å². The Labute approximate surface area is 207 Å². The van der Waals surface area contributed by atoms with E-state index in [1.54, 1.807) is 18.4 Å². The maximum Gasteiger partial charge on any atom is 0.338 e. The number of ether oxygens (including phenoxy) is 2. The predicted octanol–water partition coefficient (Wildman–Crippen LogP) is 4.41. The molecule has 1 aliphatic rings. The molecule has 0 aliphatic carbocycles. The van der Waals surface area contributed by atoms with Crippen LogP contribution in [0, 0.1) is 0 Å². The monoisotopic (exact) mass is 546 g/mol. The second-order valence-electron chi connectivity index (χ2n) is 7.67. The van der Waals surface area contributed by atoms with Crippen LogP contribution in [-0.4, -0.2) is 23.2 Å². The number of thiophene rings is 1. The van der Waals surface area contributed by atoms with E-state index in [1.165, 1.54) is 22.7 Å². The number of aromatic nitrogens is 1.